The Labute approximate surface area is 199 Å². The molecular weight excluding hydrogens is 428 g/mol. The SMILES string of the molecule is COc1ccc(-c2nc3c(C)cc(C)cc3c(C(=O)Nc3cc(OC)ccc3OC)c2C)cc1. The van der Waals surface area contributed by atoms with E-state index >= 15 is 0 Å². The van der Waals surface area contributed by atoms with Crippen molar-refractivity contribution < 1.29 is 19.0 Å². The Bertz CT molecular complexity index is 1380. The molecule has 4 aromatic rings. The summed E-state index contributed by atoms with van der Waals surface area (Å²) in [6.45, 7) is 5.97. The Morgan fingerprint density at radius 2 is 1.50 bits per heavy atom. The van der Waals surface area contributed by atoms with Crippen molar-refractivity contribution in [1.82, 2.24) is 4.98 Å². The Kier molecular flexibility index (Phi) is 6.41. The lowest BCUT2D eigenvalue weighted by Crippen LogP contribution is -2.16. The van der Waals surface area contributed by atoms with Crippen LogP contribution in [0.1, 0.15) is 27.0 Å². The number of hydrogen-bond donors (Lipinski definition) is 1. The highest BCUT2D eigenvalue weighted by molar-refractivity contribution is 6.15. The van der Waals surface area contributed by atoms with Crippen LogP contribution < -0.4 is 19.5 Å². The molecule has 3 aromatic carbocycles. The van der Waals surface area contributed by atoms with Crippen molar-refractivity contribution in [2.75, 3.05) is 26.6 Å². The number of aryl methyl sites for hydroxylation is 2. The largest absolute Gasteiger partial charge is 0.497 e. The molecule has 6 heteroatoms. The van der Waals surface area contributed by atoms with Gasteiger partial charge in [-0.1, -0.05) is 11.6 Å². The minimum atomic E-state index is -0.240. The van der Waals surface area contributed by atoms with Crippen LogP contribution in [0.5, 0.6) is 17.2 Å². The zero-order valence-corrected chi connectivity index (χ0v) is 20.3. The van der Waals surface area contributed by atoms with Gasteiger partial charge in [0.25, 0.3) is 5.91 Å². The normalized spacial score (nSPS) is 10.8. The van der Waals surface area contributed by atoms with Crippen LogP contribution in [0.2, 0.25) is 0 Å². The summed E-state index contributed by atoms with van der Waals surface area (Å²) in [5.74, 6) is 1.69. The molecule has 0 aliphatic rings. The first-order valence-corrected chi connectivity index (χ1v) is 11.0. The summed E-state index contributed by atoms with van der Waals surface area (Å²) in [7, 11) is 4.79. The standard InChI is InChI=1S/C28H28N2O4/c1-16-13-17(2)26-22(14-16)25(18(3)27(30-26)19-7-9-20(32-4)10-8-19)28(31)29-23-15-21(33-5)11-12-24(23)34-6/h7-15H,1-6H3,(H,29,31). The molecule has 1 heterocycles. The van der Waals surface area contributed by atoms with E-state index in [9.17, 15) is 4.79 Å². The molecular formula is C28H28N2O4. The molecule has 0 radical (unpaired) electrons. The molecule has 4 rings (SSSR count). The van der Waals surface area contributed by atoms with Crippen molar-refractivity contribution in [3.63, 3.8) is 0 Å². The van der Waals surface area contributed by atoms with E-state index in [-0.39, 0.29) is 5.91 Å². The van der Waals surface area contributed by atoms with E-state index < -0.39 is 0 Å². The fraction of sp³-hybridized carbons (Fsp3) is 0.214. The second kappa shape index (κ2) is 9.43. The quantitative estimate of drug-likeness (QED) is 0.379. The monoisotopic (exact) mass is 456 g/mol. The van der Waals surface area contributed by atoms with Crippen LogP contribution in [0.3, 0.4) is 0 Å². The van der Waals surface area contributed by atoms with E-state index in [1.807, 2.05) is 51.1 Å². The summed E-state index contributed by atoms with van der Waals surface area (Å²) in [5, 5.41) is 3.84. The first-order valence-electron chi connectivity index (χ1n) is 11.0. The molecule has 0 saturated heterocycles. The third kappa shape index (κ3) is 4.27. The number of aromatic nitrogens is 1. The lowest BCUT2D eigenvalue weighted by molar-refractivity contribution is 0.102. The first-order chi connectivity index (χ1) is 16.4. The van der Waals surface area contributed by atoms with Crippen molar-refractivity contribution in [2.24, 2.45) is 0 Å². The fourth-order valence-corrected chi connectivity index (χ4v) is 4.23. The van der Waals surface area contributed by atoms with Gasteiger partial charge < -0.3 is 19.5 Å². The lowest BCUT2D eigenvalue weighted by atomic mass is 9.94. The van der Waals surface area contributed by atoms with Gasteiger partial charge in [-0.05, 0) is 74.4 Å². The summed E-state index contributed by atoms with van der Waals surface area (Å²) in [5.41, 5.74) is 6.44. The van der Waals surface area contributed by atoms with Gasteiger partial charge >= 0.3 is 0 Å². The van der Waals surface area contributed by atoms with Crippen LogP contribution in [0.15, 0.2) is 54.6 Å². The average molecular weight is 457 g/mol. The molecule has 1 amide bonds. The van der Waals surface area contributed by atoms with Crippen LogP contribution in [-0.2, 0) is 0 Å². The van der Waals surface area contributed by atoms with E-state index in [1.165, 1.54) is 0 Å². The Morgan fingerprint density at radius 3 is 2.15 bits per heavy atom. The van der Waals surface area contributed by atoms with Gasteiger partial charge in [-0.2, -0.15) is 0 Å². The number of benzene rings is 3. The maximum Gasteiger partial charge on any atom is 0.256 e. The summed E-state index contributed by atoms with van der Waals surface area (Å²) < 4.78 is 16.1. The van der Waals surface area contributed by atoms with Gasteiger partial charge in [-0.3, -0.25) is 4.79 Å². The summed E-state index contributed by atoms with van der Waals surface area (Å²) >= 11 is 0. The second-order valence-electron chi connectivity index (χ2n) is 8.19. The van der Waals surface area contributed by atoms with Crippen LogP contribution >= 0.6 is 0 Å². The molecule has 0 saturated carbocycles. The molecule has 0 bridgehead atoms. The third-order valence-corrected chi connectivity index (χ3v) is 5.91. The minimum absolute atomic E-state index is 0.240. The highest BCUT2D eigenvalue weighted by Gasteiger charge is 2.21. The van der Waals surface area contributed by atoms with Crippen molar-refractivity contribution >= 4 is 22.5 Å². The number of amides is 1. The maximum absolute atomic E-state index is 13.8. The number of methoxy groups -OCH3 is 3. The number of carbonyl (C=O) groups excluding carboxylic acids is 1. The van der Waals surface area contributed by atoms with Gasteiger partial charge in [-0.25, -0.2) is 4.98 Å². The molecule has 0 fully saturated rings. The summed E-state index contributed by atoms with van der Waals surface area (Å²) in [6, 6.07) is 17.1. The number of anilines is 1. The van der Waals surface area contributed by atoms with E-state index in [0.717, 1.165) is 44.6 Å². The lowest BCUT2D eigenvalue weighted by Gasteiger charge is -2.18. The van der Waals surface area contributed by atoms with Crippen LogP contribution in [0.4, 0.5) is 5.69 Å². The highest BCUT2D eigenvalue weighted by atomic mass is 16.5. The number of hydrogen-bond acceptors (Lipinski definition) is 5. The predicted molar refractivity (Wildman–Crippen MR) is 135 cm³/mol. The van der Waals surface area contributed by atoms with Crippen molar-refractivity contribution in [1.29, 1.82) is 0 Å². The zero-order valence-electron chi connectivity index (χ0n) is 20.3. The van der Waals surface area contributed by atoms with Crippen LogP contribution in [0.25, 0.3) is 22.2 Å². The molecule has 174 valence electrons. The minimum Gasteiger partial charge on any atom is -0.497 e. The molecule has 1 aromatic heterocycles. The van der Waals surface area contributed by atoms with Crippen molar-refractivity contribution in [3.8, 4) is 28.5 Å². The van der Waals surface area contributed by atoms with Gasteiger partial charge in [-0.15, -0.1) is 0 Å². The number of carbonyl (C=O) groups is 1. The van der Waals surface area contributed by atoms with Gasteiger partial charge in [0.2, 0.25) is 0 Å². The van der Waals surface area contributed by atoms with Gasteiger partial charge in [0.05, 0.1) is 43.8 Å². The first kappa shape index (κ1) is 23.1. The van der Waals surface area contributed by atoms with E-state index in [1.54, 1.807) is 39.5 Å². The fourth-order valence-electron chi connectivity index (χ4n) is 4.23. The Balaban J connectivity index is 1.91. The molecule has 0 aliphatic heterocycles. The molecule has 1 N–H and O–H groups in total. The topological polar surface area (TPSA) is 69.7 Å². The highest BCUT2D eigenvalue weighted by Crippen LogP contribution is 2.34. The molecule has 0 atom stereocenters. The van der Waals surface area contributed by atoms with Crippen molar-refractivity contribution in [3.05, 3.63) is 76.9 Å². The zero-order chi connectivity index (χ0) is 24.4. The molecule has 34 heavy (non-hydrogen) atoms. The Morgan fingerprint density at radius 1 is 0.824 bits per heavy atom. The van der Waals surface area contributed by atoms with E-state index in [4.69, 9.17) is 19.2 Å². The molecule has 0 aliphatic carbocycles. The maximum atomic E-state index is 13.8. The number of ether oxygens (including phenoxy) is 3. The second-order valence-corrected chi connectivity index (χ2v) is 8.19. The number of nitrogens with zero attached hydrogens (tertiary/aromatic N) is 1. The van der Waals surface area contributed by atoms with Crippen LogP contribution in [0, 0.1) is 20.8 Å². The Hall–Kier alpha value is -4.06. The third-order valence-electron chi connectivity index (χ3n) is 5.91. The van der Waals surface area contributed by atoms with Crippen molar-refractivity contribution in [2.45, 2.75) is 20.8 Å². The predicted octanol–water partition coefficient (Wildman–Crippen LogP) is 6.11. The summed E-state index contributed by atoms with van der Waals surface area (Å²) in [4.78, 5) is 18.8. The summed E-state index contributed by atoms with van der Waals surface area (Å²) in [6.07, 6.45) is 0. The number of rotatable bonds is 6. The smallest absolute Gasteiger partial charge is 0.256 e. The van der Waals surface area contributed by atoms with Gasteiger partial charge in [0.1, 0.15) is 17.2 Å². The average Bonchev–Trinajstić information content (AvgIpc) is 2.83. The number of pyridine rings is 1. The number of nitrogens with one attached hydrogen (secondary N) is 1. The molecule has 6 nitrogen and oxygen atoms in total. The molecule has 0 spiro atoms. The number of fused-ring (bicyclic) bond motifs is 1. The van der Waals surface area contributed by atoms with Gasteiger partial charge in [0.15, 0.2) is 0 Å². The van der Waals surface area contributed by atoms with E-state index in [0.29, 0.717) is 22.7 Å². The van der Waals surface area contributed by atoms with Gasteiger partial charge in [0, 0.05) is 17.0 Å². The van der Waals surface area contributed by atoms with Crippen LogP contribution in [-0.4, -0.2) is 32.2 Å². The van der Waals surface area contributed by atoms with E-state index in [2.05, 4.69) is 11.4 Å². The molecule has 0 unspecified atom stereocenters.